The van der Waals surface area contributed by atoms with E-state index in [4.69, 9.17) is 4.84 Å². The van der Waals surface area contributed by atoms with Gasteiger partial charge in [0.15, 0.2) is 6.21 Å². The van der Waals surface area contributed by atoms with Crippen LogP contribution in [0.1, 0.15) is 11.8 Å². The number of hydrogen-bond acceptors (Lipinski definition) is 8. The van der Waals surface area contributed by atoms with Gasteiger partial charge in [0.05, 0.1) is 13.2 Å². The molecule has 0 amide bonds. The van der Waals surface area contributed by atoms with Gasteiger partial charge < -0.3 is 9.57 Å². The lowest BCUT2D eigenvalue weighted by Gasteiger charge is -1.95. The minimum Gasteiger partial charge on any atom is -0.462 e. The van der Waals surface area contributed by atoms with Gasteiger partial charge in [0.2, 0.25) is 5.06 Å². The van der Waals surface area contributed by atoms with Gasteiger partial charge in [-0.15, -0.1) is 5.10 Å². The number of hydrogen-bond donors (Lipinski definition) is 0. The van der Waals surface area contributed by atoms with Crippen LogP contribution in [0.4, 0.5) is 0 Å². The molecule has 0 aromatic carbocycles. The summed E-state index contributed by atoms with van der Waals surface area (Å²) in [6.45, 7) is 2.58. The highest BCUT2D eigenvalue weighted by atomic mass is 32.1. The normalized spacial score (nSPS) is 10.8. The van der Waals surface area contributed by atoms with Crippen molar-refractivity contribution in [2.45, 2.75) is 13.5 Å². The molecule has 0 aliphatic rings. The van der Waals surface area contributed by atoms with E-state index in [1.54, 1.807) is 17.7 Å². The zero-order valence-electron chi connectivity index (χ0n) is 10.1. The number of tetrazole rings is 1. The van der Waals surface area contributed by atoms with Gasteiger partial charge in [0, 0.05) is 4.88 Å². The Morgan fingerprint density at radius 1 is 1.58 bits per heavy atom. The lowest BCUT2D eigenvalue weighted by molar-refractivity contribution is -0.134. The molecule has 0 spiro atoms. The molecule has 0 saturated carbocycles. The average Bonchev–Trinajstić information content (AvgIpc) is 3.02. The van der Waals surface area contributed by atoms with E-state index in [0.717, 1.165) is 11.1 Å². The molecule has 0 radical (unpaired) electrons. The van der Waals surface area contributed by atoms with E-state index >= 15 is 0 Å². The predicted molar refractivity (Wildman–Crippen MR) is 67.0 cm³/mol. The highest BCUT2D eigenvalue weighted by molar-refractivity contribution is 7.13. The van der Waals surface area contributed by atoms with Crippen molar-refractivity contribution in [2.24, 2.45) is 5.16 Å². The molecule has 2 rings (SSSR count). The number of carbonyl (C=O) groups excluding carboxylic acids is 1. The molecule has 0 aliphatic carbocycles. The second-order valence-corrected chi connectivity index (χ2v) is 4.44. The molecule has 19 heavy (non-hydrogen) atoms. The molecule has 0 saturated heterocycles. The van der Waals surface area contributed by atoms with Crippen molar-refractivity contribution < 1.29 is 14.4 Å². The third-order valence-corrected chi connectivity index (χ3v) is 2.87. The largest absolute Gasteiger partial charge is 0.462 e. The van der Waals surface area contributed by atoms with E-state index < -0.39 is 5.97 Å². The molecular weight excluding hydrogens is 270 g/mol. The first-order valence-corrected chi connectivity index (χ1v) is 6.26. The first-order chi connectivity index (χ1) is 9.28. The fourth-order valence-corrected chi connectivity index (χ4v) is 2.01. The number of oxime groups is 1. The second-order valence-electron chi connectivity index (χ2n) is 3.31. The predicted octanol–water partition coefficient (Wildman–Crippen LogP) is 0.711. The molecule has 0 N–H and O–H groups in total. The SMILES string of the molecule is CCOC(=O)C=NOc1ccc(Cn2cnnn2)s1. The van der Waals surface area contributed by atoms with Crippen LogP contribution in [0, 0.1) is 0 Å². The zero-order valence-corrected chi connectivity index (χ0v) is 10.9. The number of thiophene rings is 1. The fraction of sp³-hybridized carbons (Fsp3) is 0.300. The van der Waals surface area contributed by atoms with Gasteiger partial charge in [0.1, 0.15) is 6.33 Å². The summed E-state index contributed by atoms with van der Waals surface area (Å²) in [6, 6.07) is 3.63. The molecule has 0 bridgehead atoms. The fourth-order valence-electron chi connectivity index (χ4n) is 1.21. The summed E-state index contributed by atoms with van der Waals surface area (Å²) in [5.41, 5.74) is 0. The summed E-state index contributed by atoms with van der Waals surface area (Å²) < 4.78 is 6.26. The number of rotatable bonds is 6. The summed E-state index contributed by atoms with van der Waals surface area (Å²) in [5.74, 6) is -0.534. The van der Waals surface area contributed by atoms with Gasteiger partial charge in [0.25, 0.3) is 0 Å². The quantitative estimate of drug-likeness (QED) is 0.440. The van der Waals surface area contributed by atoms with Gasteiger partial charge in [-0.05, 0) is 29.5 Å². The van der Waals surface area contributed by atoms with E-state index in [9.17, 15) is 4.79 Å². The standard InChI is InChI=1S/C10H11N5O3S/c1-2-17-9(16)5-12-18-10-4-3-8(19-10)6-15-7-11-13-14-15/h3-5,7H,2,6H2,1H3. The Morgan fingerprint density at radius 3 is 3.21 bits per heavy atom. The van der Waals surface area contributed by atoms with Gasteiger partial charge in [-0.1, -0.05) is 16.5 Å². The van der Waals surface area contributed by atoms with Crippen molar-refractivity contribution in [3.8, 4) is 5.06 Å². The second kappa shape index (κ2) is 6.59. The van der Waals surface area contributed by atoms with Crippen molar-refractivity contribution >= 4 is 23.5 Å². The molecule has 0 aliphatic heterocycles. The third-order valence-electron chi connectivity index (χ3n) is 1.93. The van der Waals surface area contributed by atoms with Crippen molar-refractivity contribution in [2.75, 3.05) is 6.61 Å². The Labute approximate surface area is 112 Å². The van der Waals surface area contributed by atoms with Crippen molar-refractivity contribution in [3.63, 3.8) is 0 Å². The van der Waals surface area contributed by atoms with Crippen LogP contribution in [0.15, 0.2) is 23.6 Å². The minimum absolute atomic E-state index is 0.306. The van der Waals surface area contributed by atoms with E-state index in [-0.39, 0.29) is 0 Å². The number of aromatic nitrogens is 4. The van der Waals surface area contributed by atoms with Crippen LogP contribution in [-0.4, -0.2) is 39.0 Å². The topological polar surface area (TPSA) is 91.5 Å². The Hall–Kier alpha value is -2.29. The van der Waals surface area contributed by atoms with Gasteiger partial charge in [-0.25, -0.2) is 9.48 Å². The number of ether oxygens (including phenoxy) is 1. The van der Waals surface area contributed by atoms with Gasteiger partial charge >= 0.3 is 5.97 Å². The number of nitrogens with zero attached hydrogens (tertiary/aromatic N) is 5. The maximum Gasteiger partial charge on any atom is 0.352 e. The highest BCUT2D eigenvalue weighted by Crippen LogP contribution is 2.24. The molecule has 0 atom stereocenters. The summed E-state index contributed by atoms with van der Waals surface area (Å²) in [4.78, 5) is 17.0. The molecule has 0 fully saturated rings. The lowest BCUT2D eigenvalue weighted by Crippen LogP contribution is -2.05. The van der Waals surface area contributed by atoms with Crippen LogP contribution in [0.5, 0.6) is 5.06 Å². The van der Waals surface area contributed by atoms with E-state index in [2.05, 4.69) is 25.4 Å². The molecule has 9 heteroatoms. The van der Waals surface area contributed by atoms with Crippen LogP contribution < -0.4 is 4.84 Å². The molecule has 0 unspecified atom stereocenters. The van der Waals surface area contributed by atoms with E-state index in [1.807, 2.05) is 6.07 Å². The summed E-state index contributed by atoms with van der Waals surface area (Å²) >= 11 is 1.39. The van der Waals surface area contributed by atoms with Crippen LogP contribution in [0.25, 0.3) is 0 Å². The van der Waals surface area contributed by atoms with Crippen molar-refractivity contribution in [1.29, 1.82) is 0 Å². The van der Waals surface area contributed by atoms with Crippen molar-refractivity contribution in [1.82, 2.24) is 20.2 Å². The van der Waals surface area contributed by atoms with Crippen LogP contribution in [0.2, 0.25) is 0 Å². The Balaban J connectivity index is 1.85. The third kappa shape index (κ3) is 4.14. The smallest absolute Gasteiger partial charge is 0.352 e. The van der Waals surface area contributed by atoms with E-state index in [0.29, 0.717) is 18.2 Å². The Kier molecular flexibility index (Phi) is 4.56. The summed E-state index contributed by atoms with van der Waals surface area (Å²) in [6.07, 6.45) is 2.52. The first kappa shape index (κ1) is 13.1. The summed E-state index contributed by atoms with van der Waals surface area (Å²) in [7, 11) is 0. The lowest BCUT2D eigenvalue weighted by atomic mass is 10.5. The van der Waals surface area contributed by atoms with Gasteiger partial charge in [-0.3, -0.25) is 0 Å². The monoisotopic (exact) mass is 281 g/mol. The molecule has 2 heterocycles. The molecule has 2 aromatic rings. The molecular formula is C10H11N5O3S. The summed E-state index contributed by atoms with van der Waals surface area (Å²) in [5, 5.41) is 14.9. The number of carbonyl (C=O) groups is 1. The molecule has 100 valence electrons. The zero-order chi connectivity index (χ0) is 13.5. The molecule has 2 aromatic heterocycles. The average molecular weight is 281 g/mol. The Morgan fingerprint density at radius 2 is 2.47 bits per heavy atom. The van der Waals surface area contributed by atoms with Crippen LogP contribution >= 0.6 is 11.3 Å². The van der Waals surface area contributed by atoms with Crippen molar-refractivity contribution in [3.05, 3.63) is 23.3 Å². The highest BCUT2D eigenvalue weighted by Gasteiger charge is 2.03. The molecule has 8 nitrogen and oxygen atoms in total. The van der Waals surface area contributed by atoms with E-state index in [1.165, 1.54) is 17.7 Å². The van der Waals surface area contributed by atoms with Gasteiger partial charge in [-0.2, -0.15) is 0 Å². The maximum atomic E-state index is 11.0. The first-order valence-electron chi connectivity index (χ1n) is 5.44. The van der Waals surface area contributed by atoms with Crippen LogP contribution in [-0.2, 0) is 16.1 Å². The number of esters is 1. The van der Waals surface area contributed by atoms with Crippen LogP contribution in [0.3, 0.4) is 0 Å². The maximum absolute atomic E-state index is 11.0. The Bertz CT molecular complexity index is 551. The minimum atomic E-state index is -0.534.